The van der Waals surface area contributed by atoms with E-state index >= 15 is 0 Å². The Kier molecular flexibility index (Phi) is 3.73. The summed E-state index contributed by atoms with van der Waals surface area (Å²) in [7, 11) is 0. The third-order valence-electron chi connectivity index (χ3n) is 6.76. The van der Waals surface area contributed by atoms with Crippen LogP contribution in [0.1, 0.15) is 43.1 Å². The highest BCUT2D eigenvalue weighted by Crippen LogP contribution is 2.46. The third kappa shape index (κ3) is 2.12. The highest BCUT2D eigenvalue weighted by Gasteiger charge is 2.67. The fourth-order valence-corrected chi connectivity index (χ4v) is 5.41. The number of quaternary nitrogens is 1. The second kappa shape index (κ2) is 6.06. The van der Waals surface area contributed by atoms with E-state index in [4.69, 9.17) is 10.7 Å². The number of amides is 1. The van der Waals surface area contributed by atoms with Gasteiger partial charge < -0.3 is 11.1 Å². The van der Waals surface area contributed by atoms with E-state index in [9.17, 15) is 4.79 Å². The van der Waals surface area contributed by atoms with Crippen molar-refractivity contribution < 1.29 is 9.28 Å². The first kappa shape index (κ1) is 17.2. The number of nitrogens with two attached hydrogens (primary N) is 1. The second-order valence-corrected chi connectivity index (χ2v) is 7.91. The molecule has 5 rings (SSSR count). The van der Waals surface area contributed by atoms with E-state index in [1.807, 2.05) is 12.5 Å². The molecule has 0 bridgehead atoms. The smallest absolute Gasteiger partial charge is 0.339 e. The van der Waals surface area contributed by atoms with Crippen LogP contribution in [0.5, 0.6) is 0 Å². The van der Waals surface area contributed by atoms with Crippen LogP contribution in [0, 0.1) is 5.92 Å². The number of hydrogen-bond donors (Lipinski definition) is 3. The van der Waals surface area contributed by atoms with Gasteiger partial charge >= 0.3 is 5.79 Å². The molecule has 28 heavy (non-hydrogen) atoms. The number of aromatic nitrogens is 2. The summed E-state index contributed by atoms with van der Waals surface area (Å²) in [5, 5.41) is 14.1. The zero-order chi connectivity index (χ0) is 19.4. The fraction of sp³-hybridized carbons (Fsp3) is 0.556. The highest BCUT2D eigenvalue weighted by molar-refractivity contribution is 5.90. The molecule has 1 amide bonds. The van der Waals surface area contributed by atoms with Crippen LogP contribution in [-0.4, -0.2) is 57.9 Å². The van der Waals surface area contributed by atoms with Gasteiger partial charge in [-0.15, -0.1) is 10.2 Å². The van der Waals surface area contributed by atoms with Crippen molar-refractivity contribution in [1.82, 2.24) is 20.6 Å². The molecule has 4 N–H and O–H groups in total. The zero-order valence-electron chi connectivity index (χ0n) is 16.0. The summed E-state index contributed by atoms with van der Waals surface area (Å²) in [6, 6.07) is 1.95. The number of nitrogens with zero attached hydrogens (tertiary/aromatic N) is 6. The summed E-state index contributed by atoms with van der Waals surface area (Å²) >= 11 is 0. The van der Waals surface area contributed by atoms with Gasteiger partial charge in [-0.2, -0.15) is 9.78 Å². The lowest BCUT2D eigenvalue weighted by atomic mass is 9.89. The van der Waals surface area contributed by atoms with Crippen molar-refractivity contribution >= 4 is 18.6 Å². The summed E-state index contributed by atoms with van der Waals surface area (Å²) in [6.45, 7) is 3.84. The molecule has 3 aliphatic heterocycles. The van der Waals surface area contributed by atoms with Gasteiger partial charge in [-0.1, -0.05) is 12.8 Å². The van der Waals surface area contributed by atoms with E-state index in [1.165, 1.54) is 25.7 Å². The van der Waals surface area contributed by atoms with Crippen molar-refractivity contribution in [1.29, 1.82) is 0 Å². The quantitative estimate of drug-likeness (QED) is 0.633. The Labute approximate surface area is 163 Å². The van der Waals surface area contributed by atoms with Gasteiger partial charge in [0.2, 0.25) is 6.34 Å². The van der Waals surface area contributed by atoms with Gasteiger partial charge in [0.05, 0.1) is 19.4 Å². The Hall–Kier alpha value is -2.88. The molecule has 148 valence electrons. The standard InChI is InChI=1S/C18H25N9O/c1-2-27-12-22-24-18(27)16(9-20-11-21-18)25(10-15(27)13-5-3-4-6-13)26-8-7-14(23-26)17(19)28/h7-9,11-13,15,24H,2-6,10H2,1H3,(H2-,19,20,21,28)/p+1/t15?,18?,27-/m0/s1. The monoisotopic (exact) mass is 384 g/mol. The Balaban J connectivity index is 1.64. The molecular weight excluding hydrogens is 358 g/mol. The molecule has 1 aromatic heterocycles. The van der Waals surface area contributed by atoms with E-state index < -0.39 is 11.7 Å². The van der Waals surface area contributed by atoms with E-state index in [0.29, 0.717) is 16.4 Å². The number of carbonyl (C=O) groups is 1. The summed E-state index contributed by atoms with van der Waals surface area (Å²) < 4.78 is 0.655. The van der Waals surface area contributed by atoms with Gasteiger partial charge in [-0.3, -0.25) is 9.80 Å². The predicted molar refractivity (Wildman–Crippen MR) is 104 cm³/mol. The summed E-state index contributed by atoms with van der Waals surface area (Å²) in [5.74, 6) is -0.680. The molecular formula is C18H26N9O+. The normalized spacial score (nSPS) is 33.8. The Bertz CT molecular complexity index is 883. The molecule has 2 unspecified atom stereocenters. The SMILES string of the molecule is CC[N@@+]12C=NNC13N=CNC=C3N(n1ccc(C(N)=O)n1)CC2C1CCCC1. The maximum atomic E-state index is 11.6. The summed E-state index contributed by atoms with van der Waals surface area (Å²) in [5.41, 5.74) is 9.90. The largest absolute Gasteiger partial charge is 0.364 e. The molecule has 3 atom stereocenters. The molecule has 2 fully saturated rings. The number of aliphatic imine (C=N–C) groups is 1. The van der Waals surface area contributed by atoms with Crippen LogP contribution < -0.4 is 21.5 Å². The van der Waals surface area contributed by atoms with Crippen LogP contribution in [0.2, 0.25) is 0 Å². The average molecular weight is 384 g/mol. The number of hydrazone groups is 1. The van der Waals surface area contributed by atoms with Crippen LogP contribution in [0.3, 0.4) is 0 Å². The fourth-order valence-electron chi connectivity index (χ4n) is 5.41. The third-order valence-corrected chi connectivity index (χ3v) is 6.76. The van der Waals surface area contributed by atoms with E-state index in [-0.39, 0.29) is 5.69 Å². The van der Waals surface area contributed by atoms with Crippen LogP contribution in [-0.2, 0) is 0 Å². The van der Waals surface area contributed by atoms with Crippen LogP contribution >= 0.6 is 0 Å². The number of rotatable bonds is 4. The summed E-state index contributed by atoms with van der Waals surface area (Å²) in [4.78, 5) is 18.2. The molecule has 0 aromatic carbocycles. The minimum absolute atomic E-state index is 0.247. The van der Waals surface area contributed by atoms with Crippen molar-refractivity contribution in [2.75, 3.05) is 18.1 Å². The molecule has 1 spiro atoms. The second-order valence-electron chi connectivity index (χ2n) is 7.91. The molecule has 0 radical (unpaired) electrons. The van der Waals surface area contributed by atoms with Crippen molar-refractivity contribution in [2.24, 2.45) is 21.7 Å². The lowest BCUT2D eigenvalue weighted by molar-refractivity contribution is -0.909. The van der Waals surface area contributed by atoms with Gasteiger partial charge in [0.25, 0.3) is 5.91 Å². The lowest BCUT2D eigenvalue weighted by Gasteiger charge is -2.56. The van der Waals surface area contributed by atoms with Crippen molar-refractivity contribution in [3.05, 3.63) is 29.9 Å². The molecule has 1 aromatic rings. The topological polar surface area (TPSA) is 113 Å². The average Bonchev–Trinajstić information content (AvgIpc) is 3.45. The number of primary amides is 1. The molecule has 10 nitrogen and oxygen atoms in total. The molecule has 4 heterocycles. The Morgan fingerprint density at radius 1 is 1.43 bits per heavy atom. The van der Waals surface area contributed by atoms with Crippen molar-refractivity contribution in [2.45, 2.75) is 44.4 Å². The number of nitrogens with one attached hydrogen (secondary N) is 2. The predicted octanol–water partition coefficient (Wildman–Crippen LogP) is 0.00230. The zero-order valence-corrected chi connectivity index (χ0v) is 16.0. The van der Waals surface area contributed by atoms with Crippen LogP contribution in [0.15, 0.2) is 34.3 Å². The number of hydrogen-bond acceptors (Lipinski definition) is 7. The van der Waals surface area contributed by atoms with Crippen molar-refractivity contribution in [3.63, 3.8) is 0 Å². The maximum Gasteiger partial charge on any atom is 0.339 e. The van der Waals surface area contributed by atoms with Gasteiger partial charge in [0.15, 0.2) is 11.4 Å². The molecule has 10 heteroatoms. The Morgan fingerprint density at radius 2 is 2.25 bits per heavy atom. The Morgan fingerprint density at radius 3 is 2.96 bits per heavy atom. The molecule has 1 saturated carbocycles. The van der Waals surface area contributed by atoms with Crippen molar-refractivity contribution in [3.8, 4) is 0 Å². The number of carbonyl (C=O) groups excluding carboxylic acids is 1. The maximum absolute atomic E-state index is 11.6. The van der Waals surface area contributed by atoms with Crippen LogP contribution in [0.4, 0.5) is 0 Å². The molecule has 1 saturated heterocycles. The molecule has 1 aliphatic carbocycles. The molecule has 4 aliphatic rings. The van der Waals surface area contributed by atoms with E-state index in [0.717, 1.165) is 18.8 Å². The first-order chi connectivity index (χ1) is 13.6. The van der Waals surface area contributed by atoms with Gasteiger partial charge in [0, 0.05) is 18.3 Å². The summed E-state index contributed by atoms with van der Waals surface area (Å²) in [6.07, 6.45) is 12.4. The van der Waals surface area contributed by atoms with E-state index in [2.05, 4.69) is 32.9 Å². The van der Waals surface area contributed by atoms with Gasteiger partial charge in [0.1, 0.15) is 6.04 Å². The van der Waals surface area contributed by atoms with Gasteiger partial charge in [-0.05, 0) is 25.8 Å². The number of piperazine rings is 1. The lowest BCUT2D eigenvalue weighted by Crippen LogP contribution is -2.79. The minimum atomic E-state index is -0.732. The highest BCUT2D eigenvalue weighted by atomic mass is 16.1. The van der Waals surface area contributed by atoms with E-state index in [1.54, 1.807) is 23.4 Å². The first-order valence-corrected chi connectivity index (χ1v) is 9.94. The first-order valence-electron chi connectivity index (χ1n) is 9.94. The van der Waals surface area contributed by atoms with Crippen LogP contribution in [0.25, 0.3) is 0 Å². The minimum Gasteiger partial charge on any atom is -0.364 e. The number of likely N-dealkylation sites (N-methyl/N-ethyl adjacent to an activating group) is 1. The van der Waals surface area contributed by atoms with Gasteiger partial charge in [-0.25, -0.2) is 9.91 Å².